The molecule has 0 aromatic carbocycles. The topological polar surface area (TPSA) is 43.8 Å². The van der Waals surface area contributed by atoms with Gasteiger partial charge < -0.3 is 5.73 Å². The summed E-state index contributed by atoms with van der Waals surface area (Å²) in [5.74, 6) is 0. The van der Waals surface area contributed by atoms with Crippen molar-refractivity contribution in [2.75, 3.05) is 0 Å². The van der Waals surface area contributed by atoms with Crippen LogP contribution in [-0.4, -0.2) is 14.8 Å². The molecule has 0 amide bonds. The molecule has 1 heterocycles. The molecule has 0 saturated heterocycles. The molecule has 2 N–H and O–H groups in total. The number of nitrogens with zero attached hydrogens (tertiary/aromatic N) is 2. The van der Waals surface area contributed by atoms with Gasteiger partial charge >= 0.3 is 0 Å². The quantitative estimate of drug-likeness (QED) is 0.576. The summed E-state index contributed by atoms with van der Waals surface area (Å²) in [5.41, 5.74) is 6.59. The predicted molar refractivity (Wildman–Crippen MR) is 57.6 cm³/mol. The van der Waals surface area contributed by atoms with E-state index in [1.165, 1.54) is 5.56 Å². The van der Waals surface area contributed by atoms with Gasteiger partial charge in [0, 0.05) is 12.7 Å². The maximum atomic E-state index is 5.39. The monoisotopic (exact) mass is 197 g/mol. The van der Waals surface area contributed by atoms with Crippen LogP contribution in [0.1, 0.15) is 24.8 Å². The molecule has 0 radical (unpaired) electrons. The number of thiocarbonyl (C=S) groups is 1. The zero-order chi connectivity index (χ0) is 9.68. The maximum Gasteiger partial charge on any atom is 0.0727 e. The predicted octanol–water partition coefficient (Wildman–Crippen LogP) is 1.65. The first-order chi connectivity index (χ1) is 6.18. The van der Waals surface area contributed by atoms with Crippen LogP contribution in [0.4, 0.5) is 0 Å². The Hall–Kier alpha value is -0.900. The van der Waals surface area contributed by atoms with E-state index in [1.807, 2.05) is 24.0 Å². The smallest absolute Gasteiger partial charge is 0.0727 e. The van der Waals surface area contributed by atoms with Crippen LogP contribution >= 0.6 is 12.2 Å². The number of aryl methyl sites for hydroxylation is 2. The highest BCUT2D eigenvalue weighted by Gasteiger charge is 1.94. The average molecular weight is 197 g/mol. The van der Waals surface area contributed by atoms with Crippen molar-refractivity contribution in [1.29, 1.82) is 0 Å². The summed E-state index contributed by atoms with van der Waals surface area (Å²) < 4.78 is 1.95. The summed E-state index contributed by atoms with van der Waals surface area (Å²) in [6, 6.07) is 0. The van der Waals surface area contributed by atoms with Gasteiger partial charge in [-0.1, -0.05) is 12.2 Å². The van der Waals surface area contributed by atoms with Gasteiger partial charge in [-0.15, -0.1) is 0 Å². The van der Waals surface area contributed by atoms with Gasteiger partial charge in [0.05, 0.1) is 11.2 Å². The van der Waals surface area contributed by atoms with Gasteiger partial charge in [-0.2, -0.15) is 5.10 Å². The molecule has 0 atom stereocenters. The van der Waals surface area contributed by atoms with Crippen LogP contribution in [0.25, 0.3) is 0 Å². The number of unbranched alkanes of at least 4 members (excludes halogenated alkanes) is 1. The Balaban J connectivity index is 2.16. The molecule has 0 aliphatic heterocycles. The minimum absolute atomic E-state index is 0.608. The summed E-state index contributed by atoms with van der Waals surface area (Å²) in [4.78, 5) is 0.608. The molecule has 72 valence electrons. The van der Waals surface area contributed by atoms with E-state index >= 15 is 0 Å². The van der Waals surface area contributed by atoms with Crippen molar-refractivity contribution in [1.82, 2.24) is 9.78 Å². The summed E-state index contributed by atoms with van der Waals surface area (Å²) in [6.45, 7) is 3.00. The third-order valence-corrected chi connectivity index (χ3v) is 2.03. The number of nitrogens with two attached hydrogens (primary N) is 1. The van der Waals surface area contributed by atoms with E-state index < -0.39 is 0 Å². The third kappa shape index (κ3) is 4.03. The van der Waals surface area contributed by atoms with Gasteiger partial charge in [-0.25, -0.2) is 0 Å². The highest BCUT2D eigenvalue weighted by molar-refractivity contribution is 7.80. The largest absolute Gasteiger partial charge is 0.393 e. The Morgan fingerprint density at radius 1 is 1.62 bits per heavy atom. The normalized spacial score (nSPS) is 10.2. The molecule has 0 aliphatic rings. The van der Waals surface area contributed by atoms with E-state index in [0.717, 1.165) is 25.8 Å². The van der Waals surface area contributed by atoms with E-state index in [9.17, 15) is 0 Å². The van der Waals surface area contributed by atoms with Crippen molar-refractivity contribution in [3.63, 3.8) is 0 Å². The summed E-state index contributed by atoms with van der Waals surface area (Å²) >= 11 is 4.79. The lowest BCUT2D eigenvalue weighted by Gasteiger charge is -2.00. The Morgan fingerprint density at radius 2 is 2.38 bits per heavy atom. The average Bonchev–Trinajstić information content (AvgIpc) is 2.45. The number of hydrogen-bond acceptors (Lipinski definition) is 2. The molecule has 13 heavy (non-hydrogen) atoms. The number of rotatable bonds is 5. The minimum atomic E-state index is 0.608. The Bertz CT molecular complexity index is 280. The van der Waals surface area contributed by atoms with Crippen LogP contribution in [0, 0.1) is 6.92 Å². The van der Waals surface area contributed by atoms with Crippen molar-refractivity contribution in [2.24, 2.45) is 5.73 Å². The maximum absolute atomic E-state index is 5.39. The standard InChI is InChI=1S/C9H15N3S/c1-8-6-11-12(7-8)5-3-2-4-9(10)13/h6-7H,2-5H2,1H3,(H2,10,13). The minimum Gasteiger partial charge on any atom is -0.393 e. The molecule has 1 aromatic heterocycles. The Kier molecular flexibility index (Phi) is 3.89. The Morgan fingerprint density at radius 3 is 2.92 bits per heavy atom. The molecule has 1 rings (SSSR count). The molecule has 1 aromatic rings. The summed E-state index contributed by atoms with van der Waals surface area (Å²) in [5, 5.41) is 4.19. The molecule has 0 unspecified atom stereocenters. The lowest BCUT2D eigenvalue weighted by Crippen LogP contribution is -2.07. The van der Waals surface area contributed by atoms with Crippen molar-refractivity contribution in [3.8, 4) is 0 Å². The van der Waals surface area contributed by atoms with Crippen LogP contribution < -0.4 is 5.73 Å². The van der Waals surface area contributed by atoms with Crippen molar-refractivity contribution in [3.05, 3.63) is 18.0 Å². The molecule has 0 saturated carbocycles. The zero-order valence-corrected chi connectivity index (χ0v) is 8.68. The van der Waals surface area contributed by atoms with Crippen molar-refractivity contribution < 1.29 is 0 Å². The van der Waals surface area contributed by atoms with Crippen LogP contribution in [0.3, 0.4) is 0 Å². The third-order valence-electron chi connectivity index (χ3n) is 1.82. The highest BCUT2D eigenvalue weighted by atomic mass is 32.1. The second kappa shape index (κ2) is 4.97. The van der Waals surface area contributed by atoms with Crippen LogP contribution in [0.2, 0.25) is 0 Å². The van der Waals surface area contributed by atoms with E-state index in [1.54, 1.807) is 0 Å². The van der Waals surface area contributed by atoms with Gasteiger partial charge in [-0.3, -0.25) is 4.68 Å². The highest BCUT2D eigenvalue weighted by Crippen LogP contribution is 2.00. The fourth-order valence-corrected chi connectivity index (χ4v) is 1.31. The molecule has 0 spiro atoms. The van der Waals surface area contributed by atoms with Crippen LogP contribution in [-0.2, 0) is 6.54 Å². The Labute approximate surface area is 83.9 Å². The molecule has 0 fully saturated rings. The fraction of sp³-hybridized carbons (Fsp3) is 0.556. The molecule has 0 bridgehead atoms. The van der Waals surface area contributed by atoms with Crippen molar-refractivity contribution >= 4 is 17.2 Å². The molecular formula is C9H15N3S. The lowest BCUT2D eigenvalue weighted by atomic mass is 10.2. The van der Waals surface area contributed by atoms with E-state index in [2.05, 4.69) is 5.10 Å². The second-order valence-corrected chi connectivity index (χ2v) is 3.73. The van der Waals surface area contributed by atoms with Gasteiger partial charge in [0.25, 0.3) is 0 Å². The fourth-order valence-electron chi connectivity index (χ4n) is 1.16. The van der Waals surface area contributed by atoms with E-state index in [0.29, 0.717) is 4.99 Å². The molecule has 4 heteroatoms. The number of hydrogen-bond donors (Lipinski definition) is 1. The first kappa shape index (κ1) is 10.2. The molecule has 0 aliphatic carbocycles. The first-order valence-electron chi connectivity index (χ1n) is 4.46. The zero-order valence-electron chi connectivity index (χ0n) is 7.86. The summed E-state index contributed by atoms with van der Waals surface area (Å²) in [6.07, 6.45) is 6.89. The summed E-state index contributed by atoms with van der Waals surface area (Å²) in [7, 11) is 0. The molecule has 3 nitrogen and oxygen atoms in total. The van der Waals surface area contributed by atoms with Gasteiger partial charge in [0.2, 0.25) is 0 Å². The van der Waals surface area contributed by atoms with Gasteiger partial charge in [0.1, 0.15) is 0 Å². The number of aromatic nitrogens is 2. The van der Waals surface area contributed by atoms with Gasteiger partial charge in [-0.05, 0) is 31.7 Å². The SMILES string of the molecule is Cc1cnn(CCCCC(N)=S)c1. The van der Waals surface area contributed by atoms with E-state index in [4.69, 9.17) is 18.0 Å². The van der Waals surface area contributed by atoms with E-state index in [-0.39, 0.29) is 0 Å². The van der Waals surface area contributed by atoms with Gasteiger partial charge in [0.15, 0.2) is 0 Å². The van der Waals surface area contributed by atoms with Crippen LogP contribution in [0.5, 0.6) is 0 Å². The lowest BCUT2D eigenvalue weighted by molar-refractivity contribution is 0.564. The van der Waals surface area contributed by atoms with Crippen molar-refractivity contribution in [2.45, 2.75) is 32.7 Å². The molecular weight excluding hydrogens is 182 g/mol. The first-order valence-corrected chi connectivity index (χ1v) is 4.86. The second-order valence-electron chi connectivity index (χ2n) is 3.20. The van der Waals surface area contributed by atoms with Crippen LogP contribution in [0.15, 0.2) is 12.4 Å².